The van der Waals surface area contributed by atoms with E-state index in [0.29, 0.717) is 24.0 Å². The van der Waals surface area contributed by atoms with E-state index >= 15 is 0 Å². The summed E-state index contributed by atoms with van der Waals surface area (Å²) >= 11 is 5.91. The molecule has 2 aromatic carbocycles. The molecule has 0 fully saturated rings. The summed E-state index contributed by atoms with van der Waals surface area (Å²) in [5.41, 5.74) is 1.08. The number of ether oxygens (including phenoxy) is 2. The molecule has 0 unspecified atom stereocenters. The summed E-state index contributed by atoms with van der Waals surface area (Å²) in [4.78, 5) is 12.2. The van der Waals surface area contributed by atoms with Gasteiger partial charge < -0.3 is 14.8 Å². The Kier molecular flexibility index (Phi) is 7.27. The van der Waals surface area contributed by atoms with Gasteiger partial charge in [-0.25, -0.2) is 4.39 Å². The molecule has 0 radical (unpaired) electrons. The van der Waals surface area contributed by atoms with Gasteiger partial charge in [-0.05, 0) is 48.2 Å². The van der Waals surface area contributed by atoms with Crippen LogP contribution in [0.15, 0.2) is 36.4 Å². The van der Waals surface area contributed by atoms with Crippen molar-refractivity contribution in [3.63, 3.8) is 0 Å². The van der Waals surface area contributed by atoms with Crippen molar-refractivity contribution in [1.82, 2.24) is 5.32 Å². The molecule has 0 saturated heterocycles. The predicted octanol–water partition coefficient (Wildman–Crippen LogP) is 4.84. The van der Waals surface area contributed by atoms with E-state index in [4.69, 9.17) is 21.1 Å². The van der Waals surface area contributed by atoms with Crippen LogP contribution >= 0.6 is 11.6 Å². The average molecular weight is 380 g/mol. The van der Waals surface area contributed by atoms with Crippen molar-refractivity contribution >= 4 is 17.5 Å². The molecule has 0 aliphatic rings. The Morgan fingerprint density at radius 3 is 2.62 bits per heavy atom. The zero-order valence-corrected chi connectivity index (χ0v) is 15.9. The lowest BCUT2D eigenvalue weighted by Crippen LogP contribution is -2.23. The standard InChI is InChI=1S/C20H23ClFNO3/c1-13(2)8-9-26-18-7-4-14(10-19(18)25-3)12-23-20(24)16-6-5-15(22)11-17(16)21/h4-7,10-11,13H,8-9,12H2,1-3H3,(H,23,24). The molecule has 0 saturated carbocycles. The van der Waals surface area contributed by atoms with Gasteiger partial charge in [0, 0.05) is 6.54 Å². The minimum Gasteiger partial charge on any atom is -0.493 e. The lowest BCUT2D eigenvalue weighted by molar-refractivity contribution is 0.0951. The monoisotopic (exact) mass is 379 g/mol. The molecule has 6 heteroatoms. The van der Waals surface area contributed by atoms with E-state index in [1.54, 1.807) is 7.11 Å². The third-order valence-corrected chi connectivity index (χ3v) is 4.12. The lowest BCUT2D eigenvalue weighted by Gasteiger charge is -2.13. The molecule has 0 spiro atoms. The minimum atomic E-state index is -0.482. The van der Waals surface area contributed by atoms with Crippen molar-refractivity contribution < 1.29 is 18.7 Å². The van der Waals surface area contributed by atoms with E-state index in [9.17, 15) is 9.18 Å². The van der Waals surface area contributed by atoms with Crippen molar-refractivity contribution in [2.24, 2.45) is 5.92 Å². The molecule has 0 aliphatic carbocycles. The van der Waals surface area contributed by atoms with Crippen LogP contribution in [0.25, 0.3) is 0 Å². The molecule has 0 bridgehead atoms. The summed E-state index contributed by atoms with van der Waals surface area (Å²) in [6.07, 6.45) is 0.958. The van der Waals surface area contributed by atoms with Gasteiger partial charge in [0.2, 0.25) is 0 Å². The fourth-order valence-electron chi connectivity index (χ4n) is 2.30. The van der Waals surface area contributed by atoms with E-state index in [-0.39, 0.29) is 23.0 Å². The highest BCUT2D eigenvalue weighted by Crippen LogP contribution is 2.28. The van der Waals surface area contributed by atoms with E-state index in [0.717, 1.165) is 18.1 Å². The Balaban J connectivity index is 1.99. The minimum absolute atomic E-state index is 0.0778. The molecule has 1 amide bonds. The van der Waals surface area contributed by atoms with Crippen molar-refractivity contribution in [2.75, 3.05) is 13.7 Å². The highest BCUT2D eigenvalue weighted by molar-refractivity contribution is 6.33. The van der Waals surface area contributed by atoms with Crippen molar-refractivity contribution in [3.05, 3.63) is 58.4 Å². The van der Waals surface area contributed by atoms with Gasteiger partial charge in [-0.1, -0.05) is 31.5 Å². The fraction of sp³-hybridized carbons (Fsp3) is 0.350. The number of amides is 1. The molecule has 2 aromatic rings. The normalized spacial score (nSPS) is 10.7. The zero-order valence-electron chi connectivity index (χ0n) is 15.1. The van der Waals surface area contributed by atoms with Gasteiger partial charge in [-0.15, -0.1) is 0 Å². The van der Waals surface area contributed by atoms with Crippen molar-refractivity contribution in [3.8, 4) is 11.5 Å². The molecule has 0 aliphatic heterocycles. The number of carbonyl (C=O) groups excluding carboxylic acids is 1. The number of methoxy groups -OCH3 is 1. The second-order valence-corrected chi connectivity index (χ2v) is 6.73. The highest BCUT2D eigenvalue weighted by atomic mass is 35.5. The van der Waals surface area contributed by atoms with Crippen LogP contribution in [0.4, 0.5) is 4.39 Å². The number of halogens is 2. The fourth-order valence-corrected chi connectivity index (χ4v) is 2.55. The molecular formula is C20H23ClFNO3. The summed E-state index contributed by atoms with van der Waals surface area (Å²) in [6.45, 7) is 5.18. The van der Waals surface area contributed by atoms with E-state index in [2.05, 4.69) is 19.2 Å². The first-order chi connectivity index (χ1) is 12.4. The molecule has 2 rings (SSSR count). The largest absolute Gasteiger partial charge is 0.493 e. The number of benzene rings is 2. The Hall–Kier alpha value is -2.27. The quantitative estimate of drug-likeness (QED) is 0.713. The average Bonchev–Trinajstić information content (AvgIpc) is 2.60. The van der Waals surface area contributed by atoms with Crippen LogP contribution in [-0.4, -0.2) is 19.6 Å². The summed E-state index contributed by atoms with van der Waals surface area (Å²) < 4.78 is 24.2. The summed E-state index contributed by atoms with van der Waals surface area (Å²) in [5.74, 6) is 0.995. The van der Waals surface area contributed by atoms with Crippen LogP contribution in [0.1, 0.15) is 36.2 Å². The number of nitrogens with one attached hydrogen (secondary N) is 1. The van der Waals surface area contributed by atoms with E-state index < -0.39 is 5.82 Å². The smallest absolute Gasteiger partial charge is 0.253 e. The second-order valence-electron chi connectivity index (χ2n) is 6.32. The first-order valence-electron chi connectivity index (χ1n) is 8.43. The second kappa shape index (κ2) is 9.43. The van der Waals surface area contributed by atoms with Gasteiger partial charge in [0.05, 0.1) is 24.3 Å². The van der Waals surface area contributed by atoms with Gasteiger partial charge >= 0.3 is 0 Å². The van der Waals surface area contributed by atoms with Crippen LogP contribution in [0.2, 0.25) is 5.02 Å². The molecule has 1 N–H and O–H groups in total. The van der Waals surface area contributed by atoms with E-state index in [1.165, 1.54) is 12.1 Å². The predicted molar refractivity (Wildman–Crippen MR) is 101 cm³/mol. The van der Waals surface area contributed by atoms with Gasteiger partial charge in [0.25, 0.3) is 5.91 Å². The van der Waals surface area contributed by atoms with Crippen LogP contribution in [0.5, 0.6) is 11.5 Å². The molecule has 0 heterocycles. The van der Waals surface area contributed by atoms with E-state index in [1.807, 2.05) is 18.2 Å². The maximum Gasteiger partial charge on any atom is 0.253 e. The Bertz CT molecular complexity index is 765. The molecule has 140 valence electrons. The van der Waals surface area contributed by atoms with Gasteiger partial charge in [0.15, 0.2) is 11.5 Å². The lowest BCUT2D eigenvalue weighted by atomic mass is 10.1. The molecular weight excluding hydrogens is 357 g/mol. The molecule has 4 nitrogen and oxygen atoms in total. The summed E-state index contributed by atoms with van der Waals surface area (Å²) in [6, 6.07) is 9.18. The summed E-state index contributed by atoms with van der Waals surface area (Å²) in [5, 5.41) is 2.84. The van der Waals surface area contributed by atoms with Crippen LogP contribution in [0.3, 0.4) is 0 Å². The number of hydrogen-bond donors (Lipinski definition) is 1. The molecule has 0 atom stereocenters. The number of hydrogen-bond acceptors (Lipinski definition) is 3. The molecule has 26 heavy (non-hydrogen) atoms. The Labute approximate surface area is 158 Å². The van der Waals surface area contributed by atoms with Gasteiger partial charge in [-0.2, -0.15) is 0 Å². The zero-order chi connectivity index (χ0) is 19.1. The Morgan fingerprint density at radius 2 is 1.96 bits per heavy atom. The number of carbonyl (C=O) groups is 1. The third-order valence-electron chi connectivity index (χ3n) is 3.81. The van der Waals surface area contributed by atoms with Crippen molar-refractivity contribution in [1.29, 1.82) is 0 Å². The first kappa shape index (κ1) is 20.0. The molecule has 0 aromatic heterocycles. The van der Waals surface area contributed by atoms with Crippen LogP contribution < -0.4 is 14.8 Å². The van der Waals surface area contributed by atoms with Crippen LogP contribution in [-0.2, 0) is 6.54 Å². The Morgan fingerprint density at radius 1 is 1.19 bits per heavy atom. The maximum absolute atomic E-state index is 13.1. The topological polar surface area (TPSA) is 47.6 Å². The first-order valence-corrected chi connectivity index (χ1v) is 8.81. The van der Waals surface area contributed by atoms with Crippen molar-refractivity contribution in [2.45, 2.75) is 26.8 Å². The maximum atomic E-state index is 13.1. The SMILES string of the molecule is COc1cc(CNC(=O)c2ccc(F)cc2Cl)ccc1OCCC(C)C. The summed E-state index contributed by atoms with van der Waals surface area (Å²) in [7, 11) is 1.57. The van der Waals surface area contributed by atoms with Crippen LogP contribution in [0, 0.1) is 11.7 Å². The highest BCUT2D eigenvalue weighted by Gasteiger charge is 2.12. The van der Waals surface area contributed by atoms with Gasteiger partial charge in [0.1, 0.15) is 5.82 Å². The number of rotatable bonds is 8. The van der Waals surface area contributed by atoms with Gasteiger partial charge in [-0.3, -0.25) is 4.79 Å². The third kappa shape index (κ3) is 5.63.